The van der Waals surface area contributed by atoms with E-state index in [9.17, 15) is 9.59 Å². The monoisotopic (exact) mass is 496 g/mol. The van der Waals surface area contributed by atoms with Crippen molar-refractivity contribution in [2.45, 2.75) is 57.9 Å². The van der Waals surface area contributed by atoms with E-state index in [0.717, 1.165) is 49.3 Å². The summed E-state index contributed by atoms with van der Waals surface area (Å²) in [7, 11) is 1.43. The van der Waals surface area contributed by atoms with Crippen molar-refractivity contribution in [3.8, 4) is 17.2 Å². The molecule has 36 heavy (non-hydrogen) atoms. The van der Waals surface area contributed by atoms with Gasteiger partial charge in [0.05, 0.1) is 25.5 Å². The third kappa shape index (κ3) is 4.82. The molecule has 0 bridgehead atoms. The number of aromatic nitrogens is 5. The number of amides is 1. The molecule has 1 fully saturated rings. The number of methoxy groups -OCH3 is 1. The van der Waals surface area contributed by atoms with Gasteiger partial charge in [0.1, 0.15) is 29.4 Å². The first-order chi connectivity index (χ1) is 17.5. The molecule has 0 atom stereocenters. The van der Waals surface area contributed by atoms with Crippen LogP contribution in [0, 0.1) is 11.7 Å². The Morgan fingerprint density at radius 3 is 2.78 bits per heavy atom. The quantitative estimate of drug-likeness (QED) is 0.532. The number of ether oxygens (including phenoxy) is 2. The Morgan fingerprint density at radius 2 is 2.00 bits per heavy atom. The first kappa shape index (κ1) is 24.0. The lowest BCUT2D eigenvalue weighted by atomic mass is 9.90. The summed E-state index contributed by atoms with van der Waals surface area (Å²) < 4.78 is 29.4. The van der Waals surface area contributed by atoms with Crippen LogP contribution < -0.4 is 20.5 Å². The van der Waals surface area contributed by atoms with Gasteiger partial charge in [0.25, 0.3) is 5.91 Å². The number of rotatable bonds is 7. The summed E-state index contributed by atoms with van der Waals surface area (Å²) in [5, 5.41) is 7.02. The maximum atomic E-state index is 15.4. The molecule has 11 heteroatoms. The molecular weight excluding hydrogens is 467 g/mol. The van der Waals surface area contributed by atoms with Gasteiger partial charge in [0.2, 0.25) is 0 Å². The lowest BCUT2D eigenvalue weighted by Crippen LogP contribution is -2.27. The molecule has 10 nitrogen and oxygen atoms in total. The molecule has 2 aliphatic rings. The number of nitrogens with one attached hydrogen (secondary N) is 1. The average Bonchev–Trinajstić information content (AvgIpc) is 3.24. The molecule has 1 aliphatic heterocycles. The number of carbonyl (C=O) groups is 1. The second-order valence-corrected chi connectivity index (χ2v) is 9.23. The molecule has 1 aromatic carbocycles. The van der Waals surface area contributed by atoms with Crippen molar-refractivity contribution in [2.75, 3.05) is 19.0 Å². The van der Waals surface area contributed by atoms with Crippen LogP contribution in [0.25, 0.3) is 5.69 Å². The largest absolute Gasteiger partial charge is 0.492 e. The normalized spacial score (nSPS) is 15.8. The lowest BCUT2D eigenvalue weighted by Gasteiger charge is -2.22. The fourth-order valence-electron chi connectivity index (χ4n) is 4.85. The summed E-state index contributed by atoms with van der Waals surface area (Å²) in [6.45, 7) is 0.957. The predicted octanol–water partition coefficient (Wildman–Crippen LogP) is 3.52. The summed E-state index contributed by atoms with van der Waals surface area (Å²) in [6.07, 6.45) is 10.7. The molecule has 3 aromatic rings. The van der Waals surface area contributed by atoms with E-state index in [-0.39, 0.29) is 28.6 Å². The van der Waals surface area contributed by atoms with Crippen LogP contribution in [0.2, 0.25) is 0 Å². The van der Waals surface area contributed by atoms with Crippen molar-refractivity contribution >= 4 is 11.7 Å². The van der Waals surface area contributed by atoms with E-state index in [1.807, 2.05) is 0 Å². The van der Waals surface area contributed by atoms with Crippen LogP contribution in [0.3, 0.4) is 0 Å². The summed E-state index contributed by atoms with van der Waals surface area (Å²) in [5.74, 6) is 0.215. The molecule has 5 rings (SSSR count). The number of aryl methyl sites for hydroxylation is 1. The molecule has 0 radical (unpaired) electrons. The van der Waals surface area contributed by atoms with Gasteiger partial charge in [-0.25, -0.2) is 19.2 Å². The standard InChI is InChI=1S/C25H29FN6O4/c1-35-21-13-27-15-28-23(21)29-24(33)17-11-18(26)19(12-20(17)36-14-16-7-3-2-4-8-16)32-25(34)31-10-6-5-9-22(31)30-32/h11-13,15-16H,2-10,14H2,1H3,(H,27,28,29,33). The minimum absolute atomic E-state index is 0.00949. The average molecular weight is 497 g/mol. The Hall–Kier alpha value is -3.76. The van der Waals surface area contributed by atoms with E-state index in [0.29, 0.717) is 31.3 Å². The van der Waals surface area contributed by atoms with Gasteiger partial charge in [-0.1, -0.05) is 19.3 Å². The maximum Gasteiger partial charge on any atom is 0.350 e. The minimum atomic E-state index is -0.752. The Kier molecular flexibility index (Phi) is 6.97. The van der Waals surface area contributed by atoms with Crippen molar-refractivity contribution in [3.05, 3.63) is 52.3 Å². The number of nitrogens with zero attached hydrogens (tertiary/aromatic N) is 5. The van der Waals surface area contributed by atoms with Gasteiger partial charge in [-0.05, 0) is 37.7 Å². The first-order valence-corrected chi connectivity index (χ1v) is 12.4. The highest BCUT2D eigenvalue weighted by Crippen LogP contribution is 2.30. The Labute approximate surface area is 207 Å². The van der Waals surface area contributed by atoms with Gasteiger partial charge in [-0.15, -0.1) is 5.10 Å². The van der Waals surface area contributed by atoms with Gasteiger partial charge in [-0.2, -0.15) is 4.68 Å². The maximum absolute atomic E-state index is 15.4. The summed E-state index contributed by atoms with van der Waals surface area (Å²) >= 11 is 0. The van der Waals surface area contributed by atoms with E-state index >= 15 is 4.39 Å². The Balaban J connectivity index is 1.51. The highest BCUT2D eigenvalue weighted by atomic mass is 19.1. The molecule has 3 heterocycles. The molecule has 2 aromatic heterocycles. The predicted molar refractivity (Wildman–Crippen MR) is 129 cm³/mol. The zero-order valence-corrected chi connectivity index (χ0v) is 20.2. The molecule has 1 amide bonds. The van der Waals surface area contributed by atoms with Gasteiger partial charge in [-0.3, -0.25) is 9.36 Å². The second kappa shape index (κ2) is 10.5. The van der Waals surface area contributed by atoms with E-state index < -0.39 is 17.4 Å². The van der Waals surface area contributed by atoms with E-state index in [4.69, 9.17) is 9.47 Å². The summed E-state index contributed by atoms with van der Waals surface area (Å²) in [4.78, 5) is 34.1. The van der Waals surface area contributed by atoms with E-state index in [2.05, 4.69) is 20.4 Å². The number of carbonyl (C=O) groups excluding carboxylic acids is 1. The highest BCUT2D eigenvalue weighted by molar-refractivity contribution is 6.06. The fourth-order valence-corrected chi connectivity index (χ4v) is 4.85. The van der Waals surface area contributed by atoms with Crippen LogP contribution in [-0.4, -0.2) is 43.9 Å². The molecule has 0 saturated heterocycles. The number of benzene rings is 1. The minimum Gasteiger partial charge on any atom is -0.492 e. The first-order valence-electron chi connectivity index (χ1n) is 12.4. The Bertz CT molecular complexity index is 1310. The van der Waals surface area contributed by atoms with Crippen LogP contribution in [-0.2, 0) is 13.0 Å². The van der Waals surface area contributed by atoms with E-state index in [1.165, 1.54) is 32.1 Å². The molecular formula is C25H29FN6O4. The number of hydrogen-bond acceptors (Lipinski definition) is 7. The number of halogens is 1. The fraction of sp³-hybridized carbons (Fsp3) is 0.480. The number of anilines is 1. The van der Waals surface area contributed by atoms with E-state index in [1.54, 1.807) is 4.57 Å². The molecule has 0 unspecified atom stereocenters. The lowest BCUT2D eigenvalue weighted by molar-refractivity contribution is 0.101. The summed E-state index contributed by atoms with van der Waals surface area (Å²) in [5.41, 5.74) is -0.453. The Morgan fingerprint density at radius 1 is 1.17 bits per heavy atom. The number of fused-ring (bicyclic) bond motifs is 1. The zero-order chi connectivity index (χ0) is 25.1. The van der Waals surface area contributed by atoms with Gasteiger partial charge < -0.3 is 14.8 Å². The van der Waals surface area contributed by atoms with Gasteiger partial charge in [0.15, 0.2) is 11.6 Å². The van der Waals surface area contributed by atoms with Crippen LogP contribution in [0.15, 0.2) is 29.5 Å². The van der Waals surface area contributed by atoms with Crippen LogP contribution in [0.1, 0.15) is 61.1 Å². The van der Waals surface area contributed by atoms with Crippen LogP contribution in [0.5, 0.6) is 11.5 Å². The van der Waals surface area contributed by atoms with Crippen molar-refractivity contribution in [1.29, 1.82) is 0 Å². The van der Waals surface area contributed by atoms with Crippen molar-refractivity contribution < 1.29 is 18.7 Å². The second-order valence-electron chi connectivity index (χ2n) is 9.23. The third-order valence-electron chi connectivity index (χ3n) is 6.82. The highest BCUT2D eigenvalue weighted by Gasteiger charge is 2.25. The molecule has 0 spiro atoms. The van der Waals surface area contributed by atoms with Crippen LogP contribution >= 0.6 is 0 Å². The molecule has 1 N–H and O–H groups in total. The zero-order valence-electron chi connectivity index (χ0n) is 20.2. The number of hydrogen-bond donors (Lipinski definition) is 1. The smallest absolute Gasteiger partial charge is 0.350 e. The topological polar surface area (TPSA) is 113 Å². The molecule has 1 aliphatic carbocycles. The van der Waals surface area contributed by atoms with Crippen LogP contribution in [0.4, 0.5) is 10.2 Å². The van der Waals surface area contributed by atoms with Crippen molar-refractivity contribution in [3.63, 3.8) is 0 Å². The van der Waals surface area contributed by atoms with Crippen molar-refractivity contribution in [1.82, 2.24) is 24.3 Å². The van der Waals surface area contributed by atoms with Gasteiger partial charge >= 0.3 is 5.69 Å². The van der Waals surface area contributed by atoms with Gasteiger partial charge in [0, 0.05) is 19.0 Å². The van der Waals surface area contributed by atoms with Crippen molar-refractivity contribution in [2.24, 2.45) is 5.92 Å². The summed E-state index contributed by atoms with van der Waals surface area (Å²) in [6, 6.07) is 2.48. The SMILES string of the molecule is COc1cncnc1NC(=O)c1cc(F)c(-n2nc3n(c2=O)CCCC3)cc1OCC1CCCCC1. The molecule has 1 saturated carbocycles. The third-order valence-corrected chi connectivity index (χ3v) is 6.82. The molecule has 190 valence electrons.